The molecule has 2 unspecified atom stereocenters. The number of benzene rings is 1. The van der Waals surface area contributed by atoms with Crippen LogP contribution in [0, 0.1) is 11.7 Å². The Balaban J connectivity index is 1.41. The van der Waals surface area contributed by atoms with Gasteiger partial charge in [-0.3, -0.25) is 24.1 Å². The Hall–Kier alpha value is -3.36. The molecule has 3 aliphatic rings. The fourth-order valence-corrected chi connectivity index (χ4v) is 6.12. The summed E-state index contributed by atoms with van der Waals surface area (Å²) in [5, 5.41) is 0. The largest absolute Gasteiger partial charge is 0.342 e. The fraction of sp³-hybridized carbons (Fsp3) is 0.519. The molecule has 2 atom stereocenters. The summed E-state index contributed by atoms with van der Waals surface area (Å²) in [6, 6.07) is 5.53. The number of piperidine rings is 1. The molecule has 36 heavy (non-hydrogen) atoms. The highest BCUT2D eigenvalue weighted by Crippen LogP contribution is 2.43. The van der Waals surface area contributed by atoms with Crippen LogP contribution in [0.3, 0.4) is 0 Å². The summed E-state index contributed by atoms with van der Waals surface area (Å²) < 4.78 is 15.9. The van der Waals surface area contributed by atoms with Crippen molar-refractivity contribution < 1.29 is 23.6 Å². The molecule has 0 bridgehead atoms. The number of aromatic nitrogens is 2. The first kappa shape index (κ1) is 24.3. The minimum Gasteiger partial charge on any atom is -0.342 e. The van der Waals surface area contributed by atoms with Crippen molar-refractivity contribution in [1.82, 2.24) is 19.4 Å². The molecule has 2 aromatic rings. The summed E-state index contributed by atoms with van der Waals surface area (Å²) >= 11 is 0. The molecule has 1 aliphatic carbocycles. The van der Waals surface area contributed by atoms with Gasteiger partial charge in [0.05, 0.1) is 5.41 Å². The van der Waals surface area contributed by atoms with Crippen LogP contribution in [-0.4, -0.2) is 62.0 Å². The van der Waals surface area contributed by atoms with Crippen LogP contribution in [0.1, 0.15) is 67.5 Å². The number of aryl methyl sites for hydroxylation is 1. The van der Waals surface area contributed by atoms with E-state index in [1.165, 1.54) is 23.1 Å². The molecule has 5 rings (SSSR count). The molecule has 1 aromatic carbocycles. The van der Waals surface area contributed by atoms with E-state index in [1.54, 1.807) is 35.0 Å². The molecule has 0 N–H and O–H groups in total. The van der Waals surface area contributed by atoms with E-state index in [1.807, 2.05) is 0 Å². The highest BCUT2D eigenvalue weighted by molar-refractivity contribution is 6.11. The number of Topliss-reactive ketones (excluding diaryl/α,β-unsaturated/α-hetero) is 1. The number of carbonyl (C=O) groups is 4. The Labute approximate surface area is 209 Å². The first-order valence-electron chi connectivity index (χ1n) is 12.7. The number of imide groups is 1. The first-order valence-corrected chi connectivity index (χ1v) is 12.7. The van der Waals surface area contributed by atoms with E-state index in [0.717, 1.165) is 25.7 Å². The van der Waals surface area contributed by atoms with Gasteiger partial charge in [0.25, 0.3) is 0 Å². The summed E-state index contributed by atoms with van der Waals surface area (Å²) in [5.41, 5.74) is -1.08. The Morgan fingerprint density at radius 1 is 1.14 bits per heavy atom. The van der Waals surface area contributed by atoms with Crippen molar-refractivity contribution in [2.45, 2.75) is 62.8 Å². The van der Waals surface area contributed by atoms with Gasteiger partial charge in [0.1, 0.15) is 5.82 Å². The minimum atomic E-state index is -1.44. The number of carbonyl (C=O) groups excluding carboxylic acids is 4. The maximum atomic E-state index is 14.3. The molecule has 2 saturated heterocycles. The van der Waals surface area contributed by atoms with Gasteiger partial charge >= 0.3 is 0 Å². The lowest BCUT2D eigenvalue weighted by Gasteiger charge is -2.35. The number of halogens is 1. The summed E-state index contributed by atoms with van der Waals surface area (Å²) in [6.45, 7) is 0.703. The van der Waals surface area contributed by atoms with Crippen molar-refractivity contribution in [3.8, 4) is 0 Å². The topological polar surface area (TPSA) is 92.6 Å². The average molecular weight is 495 g/mol. The molecule has 9 heteroatoms. The summed E-state index contributed by atoms with van der Waals surface area (Å²) in [5.74, 6) is -1.66. The predicted molar refractivity (Wildman–Crippen MR) is 128 cm³/mol. The van der Waals surface area contributed by atoms with Crippen molar-refractivity contribution in [2.24, 2.45) is 13.0 Å². The van der Waals surface area contributed by atoms with Gasteiger partial charge in [0.2, 0.25) is 23.5 Å². The summed E-state index contributed by atoms with van der Waals surface area (Å²) in [7, 11) is 1.76. The molecule has 0 spiro atoms. The van der Waals surface area contributed by atoms with Gasteiger partial charge in [-0.25, -0.2) is 9.37 Å². The van der Waals surface area contributed by atoms with Gasteiger partial charge in [-0.1, -0.05) is 25.0 Å². The van der Waals surface area contributed by atoms with E-state index in [9.17, 15) is 23.6 Å². The fourth-order valence-electron chi connectivity index (χ4n) is 6.12. The Kier molecular flexibility index (Phi) is 6.49. The van der Waals surface area contributed by atoms with Crippen molar-refractivity contribution in [3.63, 3.8) is 0 Å². The van der Waals surface area contributed by atoms with Crippen LogP contribution < -0.4 is 0 Å². The number of likely N-dealkylation sites (tertiary alicyclic amines) is 2. The van der Waals surface area contributed by atoms with Crippen LogP contribution in [0.25, 0.3) is 0 Å². The lowest BCUT2D eigenvalue weighted by molar-refractivity contribution is -0.145. The van der Waals surface area contributed by atoms with Gasteiger partial charge in [0, 0.05) is 57.3 Å². The van der Waals surface area contributed by atoms with Crippen LogP contribution in [-0.2, 0) is 26.8 Å². The number of rotatable bonds is 6. The van der Waals surface area contributed by atoms with Crippen LogP contribution in [0.5, 0.6) is 0 Å². The van der Waals surface area contributed by atoms with E-state index in [-0.39, 0.29) is 48.9 Å². The third-order valence-corrected chi connectivity index (χ3v) is 8.06. The van der Waals surface area contributed by atoms with Crippen LogP contribution in [0.15, 0.2) is 36.7 Å². The molecule has 3 heterocycles. The smallest absolute Gasteiger partial charge is 0.241 e. The lowest BCUT2D eigenvalue weighted by Crippen LogP contribution is -2.48. The van der Waals surface area contributed by atoms with Crippen molar-refractivity contribution in [1.29, 1.82) is 0 Å². The van der Waals surface area contributed by atoms with Gasteiger partial charge in [-0.2, -0.15) is 0 Å². The Morgan fingerprint density at radius 2 is 1.92 bits per heavy atom. The predicted octanol–water partition coefficient (Wildman–Crippen LogP) is 3.01. The van der Waals surface area contributed by atoms with Gasteiger partial charge in [0.15, 0.2) is 5.82 Å². The van der Waals surface area contributed by atoms with Crippen LogP contribution in [0.2, 0.25) is 0 Å². The highest BCUT2D eigenvalue weighted by Gasteiger charge is 2.56. The van der Waals surface area contributed by atoms with E-state index < -0.39 is 17.1 Å². The van der Waals surface area contributed by atoms with Crippen LogP contribution >= 0.6 is 0 Å². The van der Waals surface area contributed by atoms with E-state index in [2.05, 4.69) is 4.98 Å². The second-order valence-corrected chi connectivity index (χ2v) is 10.4. The third-order valence-electron chi connectivity index (χ3n) is 8.06. The number of nitrogens with zero attached hydrogens (tertiary/aromatic N) is 4. The van der Waals surface area contributed by atoms with Crippen molar-refractivity contribution in [2.75, 3.05) is 13.1 Å². The van der Waals surface area contributed by atoms with Gasteiger partial charge < -0.3 is 9.47 Å². The van der Waals surface area contributed by atoms with E-state index in [4.69, 9.17) is 0 Å². The van der Waals surface area contributed by atoms with Crippen LogP contribution in [0.4, 0.5) is 4.39 Å². The zero-order valence-corrected chi connectivity index (χ0v) is 20.5. The maximum absolute atomic E-state index is 14.3. The monoisotopic (exact) mass is 494 g/mol. The lowest BCUT2D eigenvalue weighted by atomic mass is 9.75. The number of imidazole rings is 1. The second-order valence-electron chi connectivity index (χ2n) is 10.4. The van der Waals surface area contributed by atoms with Crippen molar-refractivity contribution >= 4 is 23.5 Å². The molecular formula is C27H31FN4O4. The van der Waals surface area contributed by atoms with E-state index >= 15 is 0 Å². The molecule has 190 valence electrons. The highest BCUT2D eigenvalue weighted by atomic mass is 19.1. The molecule has 8 nitrogen and oxygen atoms in total. The SMILES string of the molecule is Cn1ccnc1C(=O)C1CCCN(C(=O)CC2(c3cccc(F)c3)CC(=O)N(C3CCCC3)C2=O)C1. The average Bonchev–Trinajstić information content (AvgIpc) is 3.59. The first-order chi connectivity index (χ1) is 17.3. The quantitative estimate of drug-likeness (QED) is 0.455. The zero-order valence-electron chi connectivity index (χ0n) is 20.5. The molecular weight excluding hydrogens is 463 g/mol. The Morgan fingerprint density at radius 3 is 2.61 bits per heavy atom. The van der Waals surface area contributed by atoms with Gasteiger partial charge in [-0.05, 0) is 43.4 Å². The molecule has 3 amide bonds. The molecule has 2 aliphatic heterocycles. The zero-order chi connectivity index (χ0) is 25.4. The minimum absolute atomic E-state index is 0.112. The number of hydrogen-bond acceptors (Lipinski definition) is 5. The third kappa shape index (κ3) is 4.24. The molecule has 0 radical (unpaired) electrons. The number of hydrogen-bond donors (Lipinski definition) is 0. The van der Waals surface area contributed by atoms with E-state index in [0.29, 0.717) is 30.8 Å². The van der Waals surface area contributed by atoms with Crippen molar-refractivity contribution in [3.05, 3.63) is 53.9 Å². The normalized spacial score (nSPS) is 25.1. The Bertz CT molecular complexity index is 1200. The molecule has 3 fully saturated rings. The standard InChI is InChI=1S/C27H31FN4O4/c1-30-13-11-29-25(30)24(35)18-6-5-12-31(17-18)22(33)15-27(19-7-4-8-20(28)14-19)16-23(34)32(26(27)36)21-9-2-3-10-21/h4,7-8,11,13-14,18,21H,2-3,5-6,9-10,12,15-17H2,1H3. The van der Waals surface area contributed by atoms with Gasteiger partial charge in [-0.15, -0.1) is 0 Å². The number of ketones is 1. The number of amides is 3. The summed E-state index contributed by atoms with van der Waals surface area (Å²) in [6.07, 6.45) is 7.62. The second kappa shape index (κ2) is 9.59. The molecule has 1 saturated carbocycles. The summed E-state index contributed by atoms with van der Waals surface area (Å²) in [4.78, 5) is 60.8. The maximum Gasteiger partial charge on any atom is 0.241 e. The molecule has 1 aromatic heterocycles.